The molecule has 0 aromatic heterocycles. The number of ether oxygens (including phenoxy) is 24. The summed E-state index contributed by atoms with van der Waals surface area (Å²) >= 11 is 0. The summed E-state index contributed by atoms with van der Waals surface area (Å²) in [6, 6.07) is 15.9. The van der Waals surface area contributed by atoms with E-state index in [4.69, 9.17) is 114 Å². The Balaban J connectivity index is 0.817. The first-order chi connectivity index (χ1) is 42.8. The van der Waals surface area contributed by atoms with Gasteiger partial charge in [-0.05, 0) is 98.5 Å². The van der Waals surface area contributed by atoms with E-state index in [0.717, 1.165) is 44.5 Å². The lowest BCUT2D eigenvalue weighted by molar-refractivity contribution is -0.286. The monoisotopic (exact) mass is 1220 g/mol. The molecule has 8 saturated heterocycles. The first kappa shape index (κ1) is 62.5. The van der Waals surface area contributed by atoms with Gasteiger partial charge in [-0.2, -0.15) is 0 Å². The van der Waals surface area contributed by atoms with Crippen LogP contribution in [-0.2, 0) is 94.7 Å². The second kappa shape index (κ2) is 30.4. The van der Waals surface area contributed by atoms with Crippen molar-refractivity contribution in [3.05, 3.63) is 115 Å². The molecule has 0 amide bonds. The Morgan fingerprint density at radius 1 is 0.264 bits per heavy atom. The molecular weight excluding hydrogens is 1140 g/mol. The normalized spacial score (nSPS) is 20.8. The number of hydrogen-bond donors (Lipinski definition) is 0. The van der Waals surface area contributed by atoms with Crippen molar-refractivity contribution in [3.63, 3.8) is 0 Å². The van der Waals surface area contributed by atoms with E-state index < -0.39 is 56.1 Å². The lowest BCUT2D eigenvalue weighted by Crippen LogP contribution is -2.47. The fraction of sp³-hybridized carbons (Fsp3) is 0.619. The quantitative estimate of drug-likeness (QED) is 0.0361. The highest BCUT2D eigenvalue weighted by Gasteiger charge is 2.38. The summed E-state index contributed by atoms with van der Waals surface area (Å²) in [5.74, 6) is 0.458. The molecule has 476 valence electrons. The largest absolute Gasteiger partial charge is 0.490 e. The van der Waals surface area contributed by atoms with Crippen LogP contribution >= 0.6 is 0 Å². The molecule has 8 aliphatic rings. The van der Waals surface area contributed by atoms with E-state index >= 15 is 0 Å². The predicted molar refractivity (Wildman–Crippen MR) is 300 cm³/mol. The van der Waals surface area contributed by atoms with Gasteiger partial charge in [0.05, 0.1) is 177 Å². The van der Waals surface area contributed by atoms with Gasteiger partial charge in [0.15, 0.2) is 50.3 Å². The molecule has 0 unspecified atom stereocenters. The number of hydrogen-bond acceptors (Lipinski definition) is 24. The molecule has 87 heavy (non-hydrogen) atoms. The third-order valence-corrected chi connectivity index (χ3v) is 15.2. The fourth-order valence-corrected chi connectivity index (χ4v) is 11.5. The van der Waals surface area contributed by atoms with Crippen LogP contribution in [0, 0.1) is 27.7 Å². The number of aryl methyl sites for hydroxylation is 4. The number of rotatable bonds is 30. The summed E-state index contributed by atoms with van der Waals surface area (Å²) in [6.07, 6.45) is -5.16. The topological polar surface area (TPSA) is 222 Å². The van der Waals surface area contributed by atoms with E-state index in [9.17, 15) is 0 Å². The van der Waals surface area contributed by atoms with E-state index in [1.54, 1.807) is 0 Å². The van der Waals surface area contributed by atoms with Crippen LogP contribution in [0.1, 0.15) is 117 Å². The lowest BCUT2D eigenvalue weighted by atomic mass is 10.0. The molecule has 0 radical (unpaired) electrons. The van der Waals surface area contributed by atoms with Gasteiger partial charge in [0.1, 0.15) is 62.6 Å². The van der Waals surface area contributed by atoms with Crippen molar-refractivity contribution in [2.24, 2.45) is 0 Å². The van der Waals surface area contributed by atoms with Crippen LogP contribution in [0.3, 0.4) is 0 Å². The molecule has 4 aromatic rings. The van der Waals surface area contributed by atoms with Crippen LogP contribution in [0.2, 0.25) is 0 Å². The molecule has 8 fully saturated rings. The molecule has 24 nitrogen and oxygen atoms in total. The van der Waals surface area contributed by atoms with Crippen LogP contribution < -0.4 is 18.9 Å². The summed E-state index contributed by atoms with van der Waals surface area (Å²) in [6.45, 7) is 15.0. The SMILES string of the molecule is Cc1cc(C2OCCO2)c(OCCOCC(COCCOc2c(C3OCCO3)cc(C)cc2C2OCCO2)(OCCOc2c(C3OCCO3)cc(C)cc2C2OCCO2)OCCOc2c(C3OCCO3)cc(C)cc2C2OCCO2)c(C2OCCO2)c1. The minimum absolute atomic E-state index is 0.0250. The lowest BCUT2D eigenvalue weighted by Gasteiger charge is -2.34. The second-order valence-corrected chi connectivity index (χ2v) is 21.8. The van der Waals surface area contributed by atoms with Crippen molar-refractivity contribution < 1.29 is 114 Å². The average molecular weight is 1220 g/mol. The standard InChI is InChI=1S/C63H80O24/c1-39-29-43(55-70-9-10-71-55)51(44(30-39)56-72-11-12-73-56)66-7-5-64-37-63(86-27-25-68-53-47(59-78-17-18-79-59)33-41(3)34-48(53)60-80-19-20-81-60,87-28-26-69-54-49(61-82-21-22-83-61)35-42(4)36-50(54)62-84-23-24-85-62)38-65-6-8-67-52-45(57-74-13-14-75-57)31-40(2)32-46(52)58-76-15-16-77-58/h29-36,55-62H,5-28,37-38H2,1-4H3. The molecule has 0 spiro atoms. The summed E-state index contributed by atoms with van der Waals surface area (Å²) in [4.78, 5) is 0. The molecule has 0 N–H and O–H groups in total. The summed E-state index contributed by atoms with van der Waals surface area (Å²) in [5, 5.41) is 0. The average Bonchev–Trinajstić information content (AvgIpc) is 2.61. The summed E-state index contributed by atoms with van der Waals surface area (Å²) in [7, 11) is 0. The highest BCUT2D eigenvalue weighted by atomic mass is 16.8. The Morgan fingerprint density at radius 2 is 0.437 bits per heavy atom. The van der Waals surface area contributed by atoms with Gasteiger partial charge in [-0.3, -0.25) is 0 Å². The van der Waals surface area contributed by atoms with E-state index in [0.29, 0.717) is 151 Å². The van der Waals surface area contributed by atoms with Crippen molar-refractivity contribution in [1.82, 2.24) is 0 Å². The molecule has 0 bridgehead atoms. The molecule has 4 aromatic carbocycles. The van der Waals surface area contributed by atoms with Crippen molar-refractivity contribution in [2.45, 2.75) is 83.8 Å². The van der Waals surface area contributed by atoms with Crippen molar-refractivity contribution in [1.29, 1.82) is 0 Å². The maximum Gasteiger partial charge on any atom is 0.216 e. The van der Waals surface area contributed by atoms with Gasteiger partial charge in [0.25, 0.3) is 0 Å². The minimum atomic E-state index is -1.62. The van der Waals surface area contributed by atoms with Gasteiger partial charge >= 0.3 is 0 Å². The molecular formula is C63H80O24. The van der Waals surface area contributed by atoms with Gasteiger partial charge in [-0.1, -0.05) is 0 Å². The molecule has 8 heterocycles. The van der Waals surface area contributed by atoms with Gasteiger partial charge in [-0.25, -0.2) is 0 Å². The Hall–Kier alpha value is -4.72. The molecule has 24 heteroatoms. The Morgan fingerprint density at radius 3 is 0.621 bits per heavy atom. The zero-order chi connectivity index (χ0) is 59.4. The van der Waals surface area contributed by atoms with E-state index in [1.807, 2.05) is 76.2 Å². The minimum Gasteiger partial charge on any atom is -0.490 e. The van der Waals surface area contributed by atoms with Gasteiger partial charge in [0, 0.05) is 0 Å². The summed E-state index contributed by atoms with van der Waals surface area (Å²) < 4.78 is 150. The first-order valence-electron chi connectivity index (χ1n) is 30.1. The van der Waals surface area contributed by atoms with Crippen molar-refractivity contribution >= 4 is 0 Å². The maximum atomic E-state index is 6.91. The van der Waals surface area contributed by atoms with Gasteiger partial charge in [0.2, 0.25) is 5.79 Å². The predicted octanol–water partition coefficient (Wildman–Crippen LogP) is 7.66. The van der Waals surface area contributed by atoms with E-state index in [-0.39, 0.29) is 66.1 Å². The fourth-order valence-electron chi connectivity index (χ4n) is 11.5. The molecule has 12 rings (SSSR count). The molecule has 8 aliphatic heterocycles. The number of benzene rings is 4. The Bertz CT molecular complexity index is 2500. The van der Waals surface area contributed by atoms with Crippen LogP contribution in [0.15, 0.2) is 48.5 Å². The van der Waals surface area contributed by atoms with Crippen LogP contribution in [0.5, 0.6) is 23.0 Å². The van der Waals surface area contributed by atoms with E-state index in [2.05, 4.69) is 0 Å². The molecule has 0 atom stereocenters. The zero-order valence-electron chi connectivity index (χ0n) is 49.9. The van der Waals surface area contributed by atoms with Gasteiger partial charge < -0.3 is 114 Å². The maximum absolute atomic E-state index is 6.91. The second-order valence-electron chi connectivity index (χ2n) is 21.8. The van der Waals surface area contributed by atoms with Gasteiger partial charge in [-0.15, -0.1) is 0 Å². The smallest absolute Gasteiger partial charge is 0.216 e. The first-order valence-corrected chi connectivity index (χ1v) is 30.1. The van der Waals surface area contributed by atoms with Crippen molar-refractivity contribution in [3.8, 4) is 23.0 Å². The van der Waals surface area contributed by atoms with E-state index in [1.165, 1.54) is 0 Å². The molecule has 0 saturated carbocycles. The highest BCUT2D eigenvalue weighted by molar-refractivity contribution is 5.49. The van der Waals surface area contributed by atoms with Crippen LogP contribution in [0.25, 0.3) is 0 Å². The summed E-state index contributed by atoms with van der Waals surface area (Å²) in [5.41, 5.74) is 9.59. The third kappa shape index (κ3) is 15.5. The third-order valence-electron chi connectivity index (χ3n) is 15.2. The zero-order valence-corrected chi connectivity index (χ0v) is 49.9. The Labute approximate surface area is 506 Å². The van der Waals surface area contributed by atoms with Crippen molar-refractivity contribution in [2.75, 3.05) is 172 Å². The van der Waals surface area contributed by atoms with Crippen LogP contribution in [-0.4, -0.2) is 178 Å². The Kier molecular flexibility index (Phi) is 21.8. The van der Waals surface area contributed by atoms with Crippen LogP contribution in [0.4, 0.5) is 0 Å². The highest BCUT2D eigenvalue weighted by Crippen LogP contribution is 2.45. The molecule has 0 aliphatic carbocycles.